The molecule has 1 aliphatic rings. The highest BCUT2D eigenvalue weighted by molar-refractivity contribution is 7.14. The molecule has 2 aromatic heterocycles. The molecule has 4 rings (SSSR count). The van der Waals surface area contributed by atoms with Crippen molar-refractivity contribution in [2.24, 2.45) is 0 Å². The molecule has 0 bridgehead atoms. The van der Waals surface area contributed by atoms with E-state index in [1.807, 2.05) is 45.6 Å². The number of thiazole rings is 1. The standard InChI is InChI=1S/C22H22BN4O3S.C2H6/c1-23-27-8-5-18(13-27)21(29)24-12-20(28)26-22-25-19(14-31-22)17-4-2-3-16(11-17)15-6-9-30-10-7-15;1-2/h2-6,8,11,13-14H,7,9-10,12H2,1H3,(H,24,29)(H,25,26,28);1-2H3. The second-order valence-corrected chi connectivity index (χ2v) is 7.87. The minimum atomic E-state index is -0.322. The van der Waals surface area contributed by atoms with E-state index in [9.17, 15) is 9.59 Å². The number of rotatable bonds is 7. The number of ether oxygens (including phenoxy) is 1. The molecule has 0 atom stereocenters. The number of amides is 2. The first-order chi connectivity index (χ1) is 16.1. The molecule has 0 saturated heterocycles. The highest BCUT2D eigenvalue weighted by Crippen LogP contribution is 2.29. The van der Waals surface area contributed by atoms with Gasteiger partial charge in [0.2, 0.25) is 13.3 Å². The zero-order valence-corrected chi connectivity index (χ0v) is 19.9. The average molecular weight is 463 g/mol. The van der Waals surface area contributed by atoms with Crippen LogP contribution in [0.1, 0.15) is 36.2 Å². The maximum absolute atomic E-state index is 12.2. The van der Waals surface area contributed by atoms with Gasteiger partial charge in [0.25, 0.3) is 5.91 Å². The minimum absolute atomic E-state index is 0.125. The number of hydrogen-bond acceptors (Lipinski definition) is 5. The monoisotopic (exact) mass is 463 g/mol. The molecule has 33 heavy (non-hydrogen) atoms. The van der Waals surface area contributed by atoms with E-state index in [1.54, 1.807) is 22.9 Å². The summed E-state index contributed by atoms with van der Waals surface area (Å²) < 4.78 is 7.16. The number of benzene rings is 1. The van der Waals surface area contributed by atoms with Gasteiger partial charge < -0.3 is 19.8 Å². The van der Waals surface area contributed by atoms with Crippen LogP contribution in [-0.4, -0.2) is 48.4 Å². The second kappa shape index (κ2) is 12.2. The summed E-state index contributed by atoms with van der Waals surface area (Å²) in [5, 5.41) is 7.78. The second-order valence-electron chi connectivity index (χ2n) is 7.01. The summed E-state index contributed by atoms with van der Waals surface area (Å²) in [6.45, 7) is 7.13. The van der Waals surface area contributed by atoms with E-state index in [-0.39, 0.29) is 18.4 Å². The molecule has 1 aromatic carbocycles. The SMILES string of the molecule is CC.C[B]n1ccc(C(=O)NCC(=O)Nc2nc(-c3cccc(C4=CCOCC4)c3)cs2)c1. The van der Waals surface area contributed by atoms with Crippen LogP contribution in [0, 0.1) is 0 Å². The van der Waals surface area contributed by atoms with Crippen LogP contribution in [0.25, 0.3) is 16.8 Å². The first kappa shape index (κ1) is 24.5. The number of anilines is 1. The molecule has 3 heterocycles. The van der Waals surface area contributed by atoms with Crippen molar-refractivity contribution in [2.45, 2.75) is 27.1 Å². The summed E-state index contributed by atoms with van der Waals surface area (Å²) in [6.07, 6.45) is 6.48. The fourth-order valence-electron chi connectivity index (χ4n) is 3.27. The van der Waals surface area contributed by atoms with Gasteiger partial charge in [0.15, 0.2) is 5.13 Å². The van der Waals surface area contributed by atoms with Gasteiger partial charge in [0.05, 0.1) is 31.0 Å². The maximum atomic E-state index is 12.2. The Morgan fingerprint density at radius 2 is 2.06 bits per heavy atom. The zero-order valence-electron chi connectivity index (χ0n) is 19.1. The molecule has 9 heteroatoms. The van der Waals surface area contributed by atoms with Crippen LogP contribution in [0.15, 0.2) is 54.2 Å². The van der Waals surface area contributed by atoms with E-state index in [1.165, 1.54) is 16.9 Å². The summed E-state index contributed by atoms with van der Waals surface area (Å²) in [4.78, 5) is 28.9. The predicted molar refractivity (Wildman–Crippen MR) is 135 cm³/mol. The number of carbonyl (C=O) groups excluding carboxylic acids is 2. The van der Waals surface area contributed by atoms with Crippen LogP contribution in [0.5, 0.6) is 0 Å². The van der Waals surface area contributed by atoms with Crippen LogP contribution in [0.3, 0.4) is 0 Å². The lowest BCUT2D eigenvalue weighted by Gasteiger charge is -2.14. The highest BCUT2D eigenvalue weighted by atomic mass is 32.1. The first-order valence-corrected chi connectivity index (χ1v) is 11.9. The first-order valence-electron chi connectivity index (χ1n) is 11.0. The predicted octanol–water partition coefficient (Wildman–Crippen LogP) is 4.33. The molecule has 0 spiro atoms. The smallest absolute Gasteiger partial charge is 0.253 e. The molecule has 7 nitrogen and oxygen atoms in total. The third kappa shape index (κ3) is 6.66. The largest absolute Gasteiger partial charge is 0.402 e. The third-order valence-electron chi connectivity index (χ3n) is 4.93. The summed E-state index contributed by atoms with van der Waals surface area (Å²) in [7, 11) is 1.83. The van der Waals surface area contributed by atoms with Gasteiger partial charge in [0.1, 0.15) is 0 Å². The quantitative estimate of drug-likeness (QED) is 0.511. The van der Waals surface area contributed by atoms with Crippen LogP contribution >= 0.6 is 11.3 Å². The number of nitrogens with one attached hydrogen (secondary N) is 2. The summed E-state index contributed by atoms with van der Waals surface area (Å²) in [5.74, 6) is -0.619. The summed E-state index contributed by atoms with van der Waals surface area (Å²) in [6, 6.07) is 9.91. The fourth-order valence-corrected chi connectivity index (χ4v) is 4.00. The molecule has 0 fully saturated rings. The Bertz CT molecular complexity index is 1120. The number of hydrogen-bond donors (Lipinski definition) is 2. The van der Waals surface area contributed by atoms with Crippen molar-refractivity contribution in [3.63, 3.8) is 0 Å². The van der Waals surface area contributed by atoms with Crippen molar-refractivity contribution in [3.05, 3.63) is 65.3 Å². The van der Waals surface area contributed by atoms with Gasteiger partial charge in [-0.25, -0.2) is 4.98 Å². The fraction of sp³-hybridized carbons (Fsp3) is 0.292. The van der Waals surface area contributed by atoms with Crippen molar-refractivity contribution < 1.29 is 14.3 Å². The molecule has 3 aromatic rings. The van der Waals surface area contributed by atoms with Crippen molar-refractivity contribution >= 4 is 41.3 Å². The van der Waals surface area contributed by atoms with Crippen LogP contribution in [0.2, 0.25) is 6.82 Å². The molecule has 171 valence electrons. The topological polar surface area (TPSA) is 85.3 Å². The van der Waals surface area contributed by atoms with E-state index in [0.29, 0.717) is 17.3 Å². The Hall–Kier alpha value is -3.17. The molecule has 2 N–H and O–H groups in total. The zero-order chi connectivity index (χ0) is 23.6. The third-order valence-corrected chi connectivity index (χ3v) is 5.68. The maximum Gasteiger partial charge on any atom is 0.253 e. The van der Waals surface area contributed by atoms with Gasteiger partial charge in [-0.15, -0.1) is 11.3 Å². The van der Waals surface area contributed by atoms with Crippen LogP contribution in [-0.2, 0) is 9.53 Å². The summed E-state index contributed by atoms with van der Waals surface area (Å²) in [5.41, 5.74) is 4.74. The number of aromatic nitrogens is 2. The molecule has 1 radical (unpaired) electrons. The van der Waals surface area contributed by atoms with E-state index in [0.717, 1.165) is 29.8 Å². The molecule has 0 aliphatic carbocycles. The molecular formula is C24H28BN4O3S. The number of carbonyl (C=O) groups is 2. The lowest BCUT2D eigenvalue weighted by atomic mass is 9.99. The Labute approximate surface area is 199 Å². The van der Waals surface area contributed by atoms with Crippen LogP contribution < -0.4 is 10.6 Å². The molecular weight excluding hydrogens is 435 g/mol. The summed E-state index contributed by atoms with van der Waals surface area (Å²) >= 11 is 1.35. The van der Waals surface area contributed by atoms with E-state index in [4.69, 9.17) is 4.74 Å². The Morgan fingerprint density at radius 3 is 2.79 bits per heavy atom. The Morgan fingerprint density at radius 1 is 1.24 bits per heavy atom. The molecule has 0 saturated carbocycles. The van der Waals surface area contributed by atoms with Crippen molar-refractivity contribution in [1.29, 1.82) is 0 Å². The van der Waals surface area contributed by atoms with Gasteiger partial charge >= 0.3 is 0 Å². The van der Waals surface area contributed by atoms with E-state index in [2.05, 4.69) is 33.8 Å². The van der Waals surface area contributed by atoms with Gasteiger partial charge in [-0.1, -0.05) is 44.9 Å². The lowest BCUT2D eigenvalue weighted by Crippen LogP contribution is -2.32. The Balaban J connectivity index is 0.00000149. The van der Waals surface area contributed by atoms with Gasteiger partial charge in [-0.3, -0.25) is 9.59 Å². The lowest BCUT2D eigenvalue weighted by molar-refractivity contribution is -0.115. The van der Waals surface area contributed by atoms with Crippen molar-refractivity contribution in [3.8, 4) is 11.3 Å². The average Bonchev–Trinajstić information content (AvgIpc) is 3.54. The minimum Gasteiger partial charge on any atom is -0.402 e. The molecule has 2 amide bonds. The van der Waals surface area contributed by atoms with Crippen LogP contribution in [0.4, 0.5) is 5.13 Å². The van der Waals surface area contributed by atoms with Crippen molar-refractivity contribution in [2.75, 3.05) is 25.1 Å². The van der Waals surface area contributed by atoms with Gasteiger partial charge in [-0.2, -0.15) is 0 Å². The molecule has 0 unspecified atom stereocenters. The Kier molecular flexibility index (Phi) is 9.03. The van der Waals surface area contributed by atoms with Gasteiger partial charge in [0, 0.05) is 17.1 Å². The van der Waals surface area contributed by atoms with E-state index < -0.39 is 0 Å². The molecule has 1 aliphatic heterocycles. The number of nitrogens with zero attached hydrogens (tertiary/aromatic N) is 2. The normalized spacial score (nSPS) is 12.8. The van der Waals surface area contributed by atoms with Gasteiger partial charge in [-0.05, 0) is 35.9 Å². The van der Waals surface area contributed by atoms with E-state index >= 15 is 0 Å². The highest BCUT2D eigenvalue weighted by Gasteiger charge is 2.13. The van der Waals surface area contributed by atoms with Crippen molar-refractivity contribution in [1.82, 2.24) is 14.8 Å².